The minimum absolute atomic E-state index is 0.0855. The van der Waals surface area contributed by atoms with Gasteiger partial charge < -0.3 is 15.2 Å². The summed E-state index contributed by atoms with van der Waals surface area (Å²) < 4.78 is 24.2. The molecule has 0 radical (unpaired) electrons. The summed E-state index contributed by atoms with van der Waals surface area (Å²) in [5, 5.41) is 0. The van der Waals surface area contributed by atoms with E-state index >= 15 is 0 Å². The van der Waals surface area contributed by atoms with E-state index in [0.29, 0.717) is 22.3 Å². The molecular weight excluding hydrogens is 277 g/mol. The van der Waals surface area contributed by atoms with Crippen LogP contribution in [-0.2, 0) is 0 Å². The molecule has 0 aromatic heterocycles. The summed E-state index contributed by atoms with van der Waals surface area (Å²) in [4.78, 5) is 0. The second-order valence-corrected chi connectivity index (χ2v) is 3.81. The van der Waals surface area contributed by atoms with Crippen molar-refractivity contribution in [2.75, 3.05) is 20.8 Å². The fourth-order valence-corrected chi connectivity index (χ4v) is 1.84. The maximum Gasteiger partial charge on any atom is 0.197 e. The van der Waals surface area contributed by atoms with Gasteiger partial charge in [-0.3, -0.25) is 0 Å². The minimum Gasteiger partial charge on any atom is -0.492 e. The van der Waals surface area contributed by atoms with Crippen molar-refractivity contribution in [2.24, 2.45) is 5.73 Å². The standard InChI is InChI=1S/C11H13BrFNO2/c1-15-10-7(4-3-5-14)8(12)6-9(13)11(10)16-2/h3-4,6H,5,14H2,1-2H3/b4-3+. The average molecular weight is 290 g/mol. The fourth-order valence-electron chi connectivity index (χ4n) is 1.33. The quantitative estimate of drug-likeness (QED) is 0.927. The highest BCUT2D eigenvalue weighted by atomic mass is 79.9. The van der Waals surface area contributed by atoms with Crippen LogP contribution in [0.1, 0.15) is 5.56 Å². The van der Waals surface area contributed by atoms with Gasteiger partial charge >= 0.3 is 0 Å². The summed E-state index contributed by atoms with van der Waals surface area (Å²) >= 11 is 3.26. The minimum atomic E-state index is -0.476. The molecule has 0 fully saturated rings. The zero-order valence-corrected chi connectivity index (χ0v) is 10.7. The lowest BCUT2D eigenvalue weighted by Crippen LogP contribution is -1.98. The molecule has 3 nitrogen and oxygen atoms in total. The van der Waals surface area contributed by atoms with Gasteiger partial charge in [-0.15, -0.1) is 0 Å². The molecule has 16 heavy (non-hydrogen) atoms. The number of hydrogen-bond acceptors (Lipinski definition) is 3. The van der Waals surface area contributed by atoms with Gasteiger partial charge in [0, 0.05) is 16.6 Å². The SMILES string of the molecule is COc1c(F)cc(Br)c(/C=C/CN)c1OC. The first-order chi connectivity index (χ1) is 7.65. The largest absolute Gasteiger partial charge is 0.492 e. The van der Waals surface area contributed by atoms with Crippen molar-refractivity contribution in [3.05, 3.63) is 28.0 Å². The third-order valence-corrected chi connectivity index (χ3v) is 2.66. The normalized spacial score (nSPS) is 10.8. The van der Waals surface area contributed by atoms with Crippen molar-refractivity contribution in [3.8, 4) is 11.5 Å². The lowest BCUT2D eigenvalue weighted by molar-refractivity contribution is 0.336. The Morgan fingerprint density at radius 1 is 1.38 bits per heavy atom. The molecule has 0 saturated carbocycles. The Labute approximate surface area is 102 Å². The van der Waals surface area contributed by atoms with Crippen LogP contribution in [0.2, 0.25) is 0 Å². The maximum atomic E-state index is 13.5. The smallest absolute Gasteiger partial charge is 0.197 e. The van der Waals surface area contributed by atoms with E-state index in [2.05, 4.69) is 15.9 Å². The predicted molar refractivity (Wildman–Crippen MR) is 65.3 cm³/mol. The van der Waals surface area contributed by atoms with Crippen molar-refractivity contribution >= 4 is 22.0 Å². The summed E-state index contributed by atoms with van der Waals surface area (Å²) in [5.41, 5.74) is 6.07. The summed E-state index contributed by atoms with van der Waals surface area (Å²) in [6.07, 6.45) is 3.50. The van der Waals surface area contributed by atoms with Gasteiger partial charge in [-0.25, -0.2) is 4.39 Å². The summed E-state index contributed by atoms with van der Waals surface area (Å²) in [5.74, 6) is -0.0439. The van der Waals surface area contributed by atoms with Gasteiger partial charge in [0.1, 0.15) is 0 Å². The van der Waals surface area contributed by atoms with Crippen LogP contribution in [0.3, 0.4) is 0 Å². The highest BCUT2D eigenvalue weighted by molar-refractivity contribution is 9.10. The molecule has 0 unspecified atom stereocenters. The van der Waals surface area contributed by atoms with Gasteiger partial charge in [0.25, 0.3) is 0 Å². The Morgan fingerprint density at radius 2 is 2.00 bits per heavy atom. The van der Waals surface area contributed by atoms with Gasteiger partial charge in [-0.1, -0.05) is 12.2 Å². The van der Waals surface area contributed by atoms with Crippen LogP contribution < -0.4 is 15.2 Å². The molecule has 5 heteroatoms. The first kappa shape index (κ1) is 13.0. The van der Waals surface area contributed by atoms with Crippen molar-refractivity contribution < 1.29 is 13.9 Å². The molecule has 1 rings (SSSR count). The molecule has 1 aromatic rings. The Balaban J connectivity index is 3.39. The summed E-state index contributed by atoms with van der Waals surface area (Å²) in [6.45, 7) is 0.398. The Hall–Kier alpha value is -1.07. The number of rotatable bonds is 4. The third kappa shape index (κ3) is 2.54. The molecule has 0 atom stereocenters. The van der Waals surface area contributed by atoms with Gasteiger partial charge in [0.05, 0.1) is 14.2 Å². The molecule has 0 aliphatic carbocycles. The van der Waals surface area contributed by atoms with Crippen molar-refractivity contribution in [1.29, 1.82) is 0 Å². The first-order valence-corrected chi connectivity index (χ1v) is 5.41. The molecule has 0 heterocycles. The molecule has 0 aliphatic heterocycles. The van der Waals surface area contributed by atoms with E-state index in [1.54, 1.807) is 12.2 Å². The molecule has 1 aromatic carbocycles. The molecule has 0 aliphatic rings. The van der Waals surface area contributed by atoms with E-state index in [0.717, 1.165) is 0 Å². The van der Waals surface area contributed by atoms with E-state index in [1.165, 1.54) is 20.3 Å². The fraction of sp³-hybridized carbons (Fsp3) is 0.273. The lowest BCUT2D eigenvalue weighted by atomic mass is 10.1. The third-order valence-electron chi connectivity index (χ3n) is 2.01. The number of nitrogens with two attached hydrogens (primary N) is 1. The number of benzene rings is 1. The molecule has 0 amide bonds. The first-order valence-electron chi connectivity index (χ1n) is 4.62. The van der Waals surface area contributed by atoms with Crippen LogP contribution in [-0.4, -0.2) is 20.8 Å². The lowest BCUT2D eigenvalue weighted by Gasteiger charge is -2.12. The number of hydrogen-bond donors (Lipinski definition) is 1. The van der Waals surface area contributed by atoms with Gasteiger partial charge in [-0.2, -0.15) is 0 Å². The van der Waals surface area contributed by atoms with E-state index in [9.17, 15) is 4.39 Å². The van der Waals surface area contributed by atoms with Crippen molar-refractivity contribution in [3.63, 3.8) is 0 Å². The molecular formula is C11H13BrFNO2. The topological polar surface area (TPSA) is 44.5 Å². The second-order valence-electron chi connectivity index (χ2n) is 2.96. The Bertz CT molecular complexity index is 407. The van der Waals surface area contributed by atoms with Crippen molar-refractivity contribution in [1.82, 2.24) is 0 Å². The van der Waals surface area contributed by atoms with Crippen LogP contribution in [0.15, 0.2) is 16.6 Å². The number of halogens is 2. The average Bonchev–Trinajstić information content (AvgIpc) is 2.27. The zero-order valence-electron chi connectivity index (χ0n) is 9.09. The molecule has 0 bridgehead atoms. The maximum absolute atomic E-state index is 13.5. The van der Waals surface area contributed by atoms with Crippen LogP contribution in [0.5, 0.6) is 11.5 Å². The predicted octanol–water partition coefficient (Wildman–Crippen LogP) is 2.58. The number of methoxy groups -OCH3 is 2. The van der Waals surface area contributed by atoms with Crippen LogP contribution >= 0.6 is 15.9 Å². The number of ether oxygens (including phenoxy) is 2. The highest BCUT2D eigenvalue weighted by Crippen LogP contribution is 2.39. The molecule has 0 saturated heterocycles. The monoisotopic (exact) mass is 289 g/mol. The van der Waals surface area contributed by atoms with E-state index in [1.807, 2.05) is 0 Å². The van der Waals surface area contributed by atoms with E-state index in [4.69, 9.17) is 15.2 Å². The summed E-state index contributed by atoms with van der Waals surface area (Å²) in [7, 11) is 2.86. The van der Waals surface area contributed by atoms with Crippen LogP contribution in [0.4, 0.5) is 4.39 Å². The molecule has 0 spiro atoms. The van der Waals surface area contributed by atoms with Gasteiger partial charge in [-0.05, 0) is 22.0 Å². The van der Waals surface area contributed by atoms with E-state index in [-0.39, 0.29) is 5.75 Å². The molecule has 88 valence electrons. The van der Waals surface area contributed by atoms with Gasteiger partial charge in [0.2, 0.25) is 0 Å². The second kappa shape index (κ2) is 5.86. The van der Waals surface area contributed by atoms with Gasteiger partial charge in [0.15, 0.2) is 17.3 Å². The van der Waals surface area contributed by atoms with E-state index < -0.39 is 5.82 Å². The highest BCUT2D eigenvalue weighted by Gasteiger charge is 2.16. The summed E-state index contributed by atoms with van der Waals surface area (Å²) in [6, 6.07) is 1.33. The van der Waals surface area contributed by atoms with Crippen molar-refractivity contribution in [2.45, 2.75) is 0 Å². The van der Waals surface area contributed by atoms with Crippen LogP contribution in [0.25, 0.3) is 6.08 Å². The Kier molecular flexibility index (Phi) is 4.76. The Morgan fingerprint density at radius 3 is 2.50 bits per heavy atom. The van der Waals surface area contributed by atoms with Crippen LogP contribution in [0, 0.1) is 5.82 Å². The zero-order chi connectivity index (χ0) is 12.1. The molecule has 2 N–H and O–H groups in total.